The van der Waals surface area contributed by atoms with Gasteiger partial charge < -0.3 is 10.1 Å². The number of hydrogen-bond donors (Lipinski definition) is 1. The maximum absolute atomic E-state index is 5.46. The van der Waals surface area contributed by atoms with E-state index < -0.39 is 0 Å². The van der Waals surface area contributed by atoms with E-state index in [2.05, 4.69) is 36.5 Å². The van der Waals surface area contributed by atoms with Gasteiger partial charge in [0.1, 0.15) is 5.01 Å². The first-order valence-corrected chi connectivity index (χ1v) is 6.76. The maximum Gasteiger partial charge on any atom is 0.107 e. The van der Waals surface area contributed by atoms with Crippen LogP contribution in [0.25, 0.3) is 0 Å². The lowest BCUT2D eigenvalue weighted by Crippen LogP contribution is -2.35. The van der Waals surface area contributed by atoms with Gasteiger partial charge in [0.15, 0.2) is 0 Å². The van der Waals surface area contributed by atoms with E-state index in [-0.39, 0.29) is 5.54 Å². The molecule has 1 N–H and O–H groups in total. The summed E-state index contributed by atoms with van der Waals surface area (Å²) in [6.07, 6.45) is 3.98. The van der Waals surface area contributed by atoms with Crippen molar-refractivity contribution in [2.75, 3.05) is 6.61 Å². The Labute approximate surface area is 108 Å². The molecule has 0 atom stereocenters. The molecular weight excluding hydrogens is 232 g/mol. The zero-order valence-corrected chi connectivity index (χ0v) is 11.9. The SMILES string of the molecule is CC=CCOCc1csc(CNC(C)(C)C)n1. The van der Waals surface area contributed by atoms with Crippen LogP contribution in [-0.2, 0) is 17.9 Å². The van der Waals surface area contributed by atoms with E-state index in [1.165, 1.54) is 0 Å². The first-order chi connectivity index (χ1) is 8.01. The predicted octanol–water partition coefficient (Wildman–Crippen LogP) is 3.12. The average molecular weight is 254 g/mol. The fourth-order valence-corrected chi connectivity index (χ4v) is 1.88. The molecule has 4 heteroatoms. The second kappa shape index (κ2) is 6.89. The Morgan fingerprint density at radius 1 is 1.47 bits per heavy atom. The van der Waals surface area contributed by atoms with Crippen molar-refractivity contribution in [3.8, 4) is 0 Å². The van der Waals surface area contributed by atoms with Crippen LogP contribution in [0.5, 0.6) is 0 Å². The molecule has 0 saturated carbocycles. The van der Waals surface area contributed by atoms with Crippen molar-refractivity contribution in [2.45, 2.75) is 46.4 Å². The fourth-order valence-electron chi connectivity index (χ4n) is 1.16. The van der Waals surface area contributed by atoms with Crippen molar-refractivity contribution >= 4 is 11.3 Å². The monoisotopic (exact) mass is 254 g/mol. The van der Waals surface area contributed by atoms with Crippen LogP contribution < -0.4 is 5.32 Å². The molecule has 0 saturated heterocycles. The van der Waals surface area contributed by atoms with Gasteiger partial charge in [0.05, 0.1) is 18.9 Å². The first-order valence-electron chi connectivity index (χ1n) is 5.88. The smallest absolute Gasteiger partial charge is 0.107 e. The first kappa shape index (κ1) is 14.4. The number of allylic oxidation sites excluding steroid dienone is 1. The lowest BCUT2D eigenvalue weighted by Gasteiger charge is -2.19. The van der Waals surface area contributed by atoms with Gasteiger partial charge in [-0.2, -0.15) is 0 Å². The molecule has 1 heterocycles. The topological polar surface area (TPSA) is 34.1 Å². The molecule has 0 aromatic carbocycles. The minimum absolute atomic E-state index is 0.133. The maximum atomic E-state index is 5.46. The molecular formula is C13H22N2OS. The lowest BCUT2D eigenvalue weighted by molar-refractivity contribution is 0.146. The number of hydrogen-bond acceptors (Lipinski definition) is 4. The highest BCUT2D eigenvalue weighted by Crippen LogP contribution is 2.12. The fraction of sp³-hybridized carbons (Fsp3) is 0.615. The second-order valence-electron chi connectivity index (χ2n) is 4.92. The van der Waals surface area contributed by atoms with Gasteiger partial charge in [-0.1, -0.05) is 12.2 Å². The summed E-state index contributed by atoms with van der Waals surface area (Å²) < 4.78 is 5.46. The van der Waals surface area contributed by atoms with Gasteiger partial charge in [-0.15, -0.1) is 11.3 Å². The Balaban J connectivity index is 2.32. The summed E-state index contributed by atoms with van der Waals surface area (Å²) in [6, 6.07) is 0. The van der Waals surface area contributed by atoms with Gasteiger partial charge >= 0.3 is 0 Å². The molecule has 17 heavy (non-hydrogen) atoms. The molecule has 0 amide bonds. The molecule has 0 spiro atoms. The van der Waals surface area contributed by atoms with E-state index >= 15 is 0 Å². The third-order valence-electron chi connectivity index (χ3n) is 2.07. The number of thiazole rings is 1. The Morgan fingerprint density at radius 3 is 2.88 bits per heavy atom. The Hall–Kier alpha value is -0.710. The molecule has 0 radical (unpaired) electrons. The molecule has 1 rings (SSSR count). The Bertz CT molecular complexity index is 353. The highest BCUT2D eigenvalue weighted by molar-refractivity contribution is 7.09. The van der Waals surface area contributed by atoms with Crippen molar-refractivity contribution in [3.63, 3.8) is 0 Å². The largest absolute Gasteiger partial charge is 0.371 e. The standard InChI is InChI=1S/C13H22N2OS/c1-5-6-7-16-9-11-10-17-12(15-11)8-14-13(2,3)4/h5-6,10,14H,7-9H2,1-4H3. The van der Waals surface area contributed by atoms with Crippen LogP contribution in [0.2, 0.25) is 0 Å². The summed E-state index contributed by atoms with van der Waals surface area (Å²) in [5.74, 6) is 0. The quantitative estimate of drug-likeness (QED) is 0.625. The van der Waals surface area contributed by atoms with Crippen LogP contribution in [0.1, 0.15) is 38.4 Å². The van der Waals surface area contributed by atoms with E-state index in [1.54, 1.807) is 11.3 Å². The van der Waals surface area contributed by atoms with E-state index in [0.29, 0.717) is 13.2 Å². The van der Waals surface area contributed by atoms with E-state index in [0.717, 1.165) is 17.2 Å². The summed E-state index contributed by atoms with van der Waals surface area (Å²) in [5, 5.41) is 6.60. The number of nitrogens with one attached hydrogen (secondary N) is 1. The summed E-state index contributed by atoms with van der Waals surface area (Å²) >= 11 is 1.68. The molecule has 1 aromatic rings. The third-order valence-corrected chi connectivity index (χ3v) is 2.97. The molecule has 0 bridgehead atoms. The lowest BCUT2D eigenvalue weighted by atomic mass is 10.1. The van der Waals surface area contributed by atoms with Gasteiger partial charge in [-0.05, 0) is 27.7 Å². The number of aromatic nitrogens is 1. The molecule has 96 valence electrons. The molecule has 0 aliphatic rings. The van der Waals surface area contributed by atoms with Gasteiger partial charge in [-0.25, -0.2) is 4.98 Å². The zero-order chi connectivity index (χ0) is 12.7. The summed E-state index contributed by atoms with van der Waals surface area (Å²) in [5.41, 5.74) is 1.15. The second-order valence-corrected chi connectivity index (χ2v) is 5.86. The van der Waals surface area contributed by atoms with Crippen LogP contribution in [-0.4, -0.2) is 17.1 Å². The van der Waals surface area contributed by atoms with Crippen molar-refractivity contribution in [2.24, 2.45) is 0 Å². The molecule has 1 aromatic heterocycles. The highest BCUT2D eigenvalue weighted by atomic mass is 32.1. The van der Waals surface area contributed by atoms with Gasteiger partial charge in [0.2, 0.25) is 0 Å². The van der Waals surface area contributed by atoms with E-state index in [4.69, 9.17) is 4.74 Å². The van der Waals surface area contributed by atoms with Crippen molar-refractivity contribution in [3.05, 3.63) is 28.2 Å². The highest BCUT2D eigenvalue weighted by Gasteiger charge is 2.10. The van der Waals surface area contributed by atoms with E-state index in [1.807, 2.05) is 19.1 Å². The van der Waals surface area contributed by atoms with Crippen molar-refractivity contribution in [1.29, 1.82) is 0 Å². The average Bonchev–Trinajstić information content (AvgIpc) is 2.69. The van der Waals surface area contributed by atoms with Crippen LogP contribution in [0.4, 0.5) is 0 Å². The predicted molar refractivity (Wildman–Crippen MR) is 73.2 cm³/mol. The summed E-state index contributed by atoms with van der Waals surface area (Å²) in [4.78, 5) is 4.52. The van der Waals surface area contributed by atoms with Gasteiger partial charge in [0, 0.05) is 17.5 Å². The zero-order valence-electron chi connectivity index (χ0n) is 11.1. The van der Waals surface area contributed by atoms with Crippen LogP contribution in [0.3, 0.4) is 0 Å². The minimum atomic E-state index is 0.133. The molecule has 3 nitrogen and oxygen atoms in total. The molecule has 0 aliphatic heterocycles. The number of rotatable bonds is 6. The Kier molecular flexibility index (Phi) is 5.82. The number of nitrogens with zero attached hydrogens (tertiary/aromatic N) is 1. The van der Waals surface area contributed by atoms with Crippen LogP contribution >= 0.6 is 11.3 Å². The normalized spacial score (nSPS) is 12.5. The van der Waals surface area contributed by atoms with Crippen molar-refractivity contribution < 1.29 is 4.74 Å². The van der Waals surface area contributed by atoms with Gasteiger partial charge in [0.25, 0.3) is 0 Å². The van der Waals surface area contributed by atoms with Crippen LogP contribution in [0, 0.1) is 0 Å². The molecule has 0 unspecified atom stereocenters. The van der Waals surface area contributed by atoms with Gasteiger partial charge in [-0.3, -0.25) is 0 Å². The Morgan fingerprint density at radius 2 is 2.24 bits per heavy atom. The van der Waals surface area contributed by atoms with Crippen LogP contribution in [0.15, 0.2) is 17.5 Å². The van der Waals surface area contributed by atoms with E-state index in [9.17, 15) is 0 Å². The molecule has 0 fully saturated rings. The van der Waals surface area contributed by atoms with Crippen molar-refractivity contribution in [1.82, 2.24) is 10.3 Å². The summed E-state index contributed by atoms with van der Waals surface area (Å²) in [6.45, 7) is 10.5. The minimum Gasteiger partial charge on any atom is -0.371 e. The molecule has 0 aliphatic carbocycles. The third kappa shape index (κ3) is 6.56. The number of ether oxygens (including phenoxy) is 1. The summed E-state index contributed by atoms with van der Waals surface area (Å²) in [7, 11) is 0.